The Morgan fingerprint density at radius 2 is 1.95 bits per heavy atom. The van der Waals surface area contributed by atoms with Crippen LogP contribution in [0.15, 0.2) is 30.3 Å². The van der Waals surface area contributed by atoms with Gasteiger partial charge in [0.1, 0.15) is 0 Å². The van der Waals surface area contributed by atoms with Crippen molar-refractivity contribution in [1.29, 1.82) is 0 Å². The minimum absolute atomic E-state index is 0.0450. The Hall–Kier alpha value is -1.33. The van der Waals surface area contributed by atoms with Gasteiger partial charge in [-0.1, -0.05) is 30.3 Å². The molecule has 0 bridgehead atoms. The highest BCUT2D eigenvalue weighted by molar-refractivity contribution is 8.00. The average Bonchev–Trinajstić information content (AvgIpc) is 2.45. The molecule has 0 N–H and O–H groups in total. The zero-order valence-electron chi connectivity index (χ0n) is 13.4. The maximum atomic E-state index is 12.3. The topological polar surface area (TPSA) is 46.6 Å². The number of hydrogen-bond acceptors (Lipinski definition) is 4. The van der Waals surface area contributed by atoms with Crippen LogP contribution in [0.3, 0.4) is 0 Å². The number of amides is 1. The first-order chi connectivity index (χ1) is 10.4. The van der Waals surface area contributed by atoms with E-state index < -0.39 is 0 Å². The Bertz CT molecular complexity index is 530. The van der Waals surface area contributed by atoms with E-state index in [1.807, 2.05) is 43.9 Å². The molecule has 1 aliphatic rings. The van der Waals surface area contributed by atoms with Gasteiger partial charge in [-0.2, -0.15) is 0 Å². The number of ketones is 1. The van der Waals surface area contributed by atoms with Crippen molar-refractivity contribution < 1.29 is 14.3 Å². The van der Waals surface area contributed by atoms with Crippen LogP contribution in [0.2, 0.25) is 0 Å². The molecule has 120 valence electrons. The smallest absolute Gasteiger partial charge is 0.232 e. The van der Waals surface area contributed by atoms with Gasteiger partial charge in [0, 0.05) is 18.7 Å². The maximum Gasteiger partial charge on any atom is 0.232 e. The van der Waals surface area contributed by atoms with E-state index in [0.717, 1.165) is 0 Å². The van der Waals surface area contributed by atoms with E-state index in [4.69, 9.17) is 4.74 Å². The van der Waals surface area contributed by atoms with Crippen LogP contribution in [0.25, 0.3) is 0 Å². The monoisotopic (exact) mass is 321 g/mol. The summed E-state index contributed by atoms with van der Waals surface area (Å²) in [5.74, 6) is 0.809. The fourth-order valence-electron chi connectivity index (χ4n) is 2.67. The van der Waals surface area contributed by atoms with Crippen molar-refractivity contribution in [3.8, 4) is 0 Å². The van der Waals surface area contributed by atoms with Crippen molar-refractivity contribution in [2.24, 2.45) is 0 Å². The number of benzene rings is 1. The standard InChI is InChI=1S/C17H23NO3S/c1-13-9-18(12-17(2,3)21-13)16(20)11-22-10-15(19)14-7-5-4-6-8-14/h4-8,13H,9-12H2,1-3H3. The van der Waals surface area contributed by atoms with Gasteiger partial charge >= 0.3 is 0 Å². The molecule has 0 aliphatic carbocycles. The predicted molar refractivity (Wildman–Crippen MR) is 89.3 cm³/mol. The Morgan fingerprint density at radius 3 is 2.59 bits per heavy atom. The molecule has 1 fully saturated rings. The third kappa shape index (κ3) is 4.85. The first kappa shape index (κ1) is 17.0. The lowest BCUT2D eigenvalue weighted by molar-refractivity contribution is -0.155. The lowest BCUT2D eigenvalue weighted by Crippen LogP contribution is -2.54. The second kappa shape index (κ2) is 7.29. The van der Waals surface area contributed by atoms with Crippen LogP contribution in [0.4, 0.5) is 0 Å². The second-order valence-electron chi connectivity index (χ2n) is 6.24. The summed E-state index contributed by atoms with van der Waals surface area (Å²) in [5, 5.41) is 0. The molecule has 1 saturated heterocycles. The summed E-state index contributed by atoms with van der Waals surface area (Å²) < 4.78 is 5.80. The minimum Gasteiger partial charge on any atom is -0.369 e. The van der Waals surface area contributed by atoms with Gasteiger partial charge in [-0.15, -0.1) is 11.8 Å². The summed E-state index contributed by atoms with van der Waals surface area (Å²) in [4.78, 5) is 26.1. The maximum absolute atomic E-state index is 12.3. The SMILES string of the molecule is CC1CN(C(=O)CSCC(=O)c2ccccc2)CC(C)(C)O1. The van der Waals surface area contributed by atoms with Gasteiger partial charge in [0.05, 0.1) is 23.2 Å². The molecule has 1 aliphatic heterocycles. The van der Waals surface area contributed by atoms with Crippen molar-refractivity contribution in [2.75, 3.05) is 24.6 Å². The normalized spacial score (nSPS) is 20.7. The zero-order valence-corrected chi connectivity index (χ0v) is 14.2. The Kier molecular flexibility index (Phi) is 5.64. The summed E-state index contributed by atoms with van der Waals surface area (Å²) in [6.07, 6.45) is 0.0450. The second-order valence-corrected chi connectivity index (χ2v) is 7.23. The molecule has 0 saturated carbocycles. The summed E-state index contributed by atoms with van der Waals surface area (Å²) >= 11 is 1.38. The number of morpholine rings is 1. The molecule has 4 nitrogen and oxygen atoms in total. The molecule has 1 amide bonds. The molecule has 1 atom stereocenters. The van der Waals surface area contributed by atoms with Gasteiger partial charge in [0.2, 0.25) is 5.91 Å². The molecular formula is C17H23NO3S. The van der Waals surface area contributed by atoms with Crippen molar-refractivity contribution in [3.63, 3.8) is 0 Å². The van der Waals surface area contributed by atoms with E-state index in [1.54, 1.807) is 12.1 Å². The Balaban J connectivity index is 1.79. The lowest BCUT2D eigenvalue weighted by atomic mass is 10.1. The van der Waals surface area contributed by atoms with Crippen LogP contribution in [0, 0.1) is 0 Å². The van der Waals surface area contributed by atoms with Crippen molar-refractivity contribution in [3.05, 3.63) is 35.9 Å². The van der Waals surface area contributed by atoms with Gasteiger partial charge in [0.25, 0.3) is 0 Å². The number of nitrogens with zero attached hydrogens (tertiary/aromatic N) is 1. The molecule has 5 heteroatoms. The third-order valence-corrected chi connectivity index (χ3v) is 4.39. The molecule has 1 heterocycles. The minimum atomic E-state index is -0.308. The van der Waals surface area contributed by atoms with Gasteiger partial charge < -0.3 is 9.64 Å². The highest BCUT2D eigenvalue weighted by Gasteiger charge is 2.33. The van der Waals surface area contributed by atoms with E-state index in [0.29, 0.717) is 30.2 Å². The molecular weight excluding hydrogens is 298 g/mol. The van der Waals surface area contributed by atoms with Gasteiger partial charge in [-0.3, -0.25) is 9.59 Å². The van der Waals surface area contributed by atoms with Crippen LogP contribution in [0.5, 0.6) is 0 Å². The van der Waals surface area contributed by atoms with Crippen molar-refractivity contribution in [2.45, 2.75) is 32.5 Å². The largest absolute Gasteiger partial charge is 0.369 e. The van der Waals surface area contributed by atoms with Gasteiger partial charge in [0.15, 0.2) is 5.78 Å². The van der Waals surface area contributed by atoms with Crippen LogP contribution >= 0.6 is 11.8 Å². The zero-order chi connectivity index (χ0) is 16.2. The molecule has 1 aromatic rings. The number of thioether (sulfide) groups is 1. The van der Waals surface area contributed by atoms with Crippen LogP contribution in [0.1, 0.15) is 31.1 Å². The molecule has 1 aromatic carbocycles. The first-order valence-corrected chi connectivity index (χ1v) is 8.64. The van der Waals surface area contributed by atoms with E-state index in [9.17, 15) is 9.59 Å². The predicted octanol–water partition coefficient (Wildman–Crippen LogP) is 2.63. The third-order valence-electron chi connectivity index (χ3n) is 3.48. The molecule has 0 radical (unpaired) electrons. The molecule has 0 spiro atoms. The van der Waals surface area contributed by atoms with Crippen LogP contribution in [-0.4, -0.2) is 52.9 Å². The summed E-state index contributed by atoms with van der Waals surface area (Å²) in [6, 6.07) is 9.18. The van der Waals surface area contributed by atoms with E-state index in [1.165, 1.54) is 11.8 Å². The molecule has 22 heavy (non-hydrogen) atoms. The van der Waals surface area contributed by atoms with Gasteiger partial charge in [-0.05, 0) is 20.8 Å². The Morgan fingerprint density at radius 1 is 1.27 bits per heavy atom. The number of carbonyl (C=O) groups is 2. The number of rotatable bonds is 5. The fourth-order valence-corrected chi connectivity index (χ4v) is 3.48. The number of Topliss-reactive ketones (excluding diaryl/α,β-unsaturated/α-hetero) is 1. The summed E-state index contributed by atoms with van der Waals surface area (Å²) in [5.41, 5.74) is 0.390. The number of ether oxygens (including phenoxy) is 1. The molecule has 2 rings (SSSR count). The van der Waals surface area contributed by atoms with E-state index in [2.05, 4.69) is 0 Å². The highest BCUT2D eigenvalue weighted by Crippen LogP contribution is 2.21. The Labute approximate surface area is 136 Å². The van der Waals surface area contributed by atoms with Gasteiger partial charge in [-0.25, -0.2) is 0 Å². The lowest BCUT2D eigenvalue weighted by Gasteiger charge is -2.41. The van der Waals surface area contributed by atoms with Crippen LogP contribution < -0.4 is 0 Å². The van der Waals surface area contributed by atoms with Crippen LogP contribution in [-0.2, 0) is 9.53 Å². The first-order valence-electron chi connectivity index (χ1n) is 7.49. The summed E-state index contributed by atoms with van der Waals surface area (Å²) in [7, 11) is 0. The van der Waals surface area contributed by atoms with E-state index in [-0.39, 0.29) is 23.4 Å². The quantitative estimate of drug-likeness (QED) is 0.782. The summed E-state index contributed by atoms with van der Waals surface area (Å²) in [6.45, 7) is 7.19. The van der Waals surface area contributed by atoms with Crippen molar-refractivity contribution >= 4 is 23.5 Å². The van der Waals surface area contributed by atoms with Crippen molar-refractivity contribution in [1.82, 2.24) is 4.90 Å². The number of carbonyl (C=O) groups excluding carboxylic acids is 2. The highest BCUT2D eigenvalue weighted by atomic mass is 32.2. The average molecular weight is 321 g/mol. The molecule has 0 aromatic heterocycles. The fraction of sp³-hybridized carbons (Fsp3) is 0.529. The van der Waals surface area contributed by atoms with E-state index >= 15 is 0 Å². The number of hydrogen-bond donors (Lipinski definition) is 0. The molecule has 1 unspecified atom stereocenters.